The van der Waals surface area contributed by atoms with E-state index in [1.807, 2.05) is 6.07 Å². The average molecular weight is 178 g/mol. The number of carbonyl (C=O) groups is 1. The zero-order valence-electron chi connectivity index (χ0n) is 7.00. The van der Waals surface area contributed by atoms with E-state index in [0.717, 1.165) is 11.3 Å². The van der Waals surface area contributed by atoms with Gasteiger partial charge in [-0.2, -0.15) is 0 Å². The van der Waals surface area contributed by atoms with Crippen LogP contribution < -0.4 is 10.9 Å². The van der Waals surface area contributed by atoms with Crippen molar-refractivity contribution in [2.24, 2.45) is 0 Å². The molecule has 1 aromatic rings. The van der Waals surface area contributed by atoms with Gasteiger partial charge in [-0.15, -0.1) is 0 Å². The van der Waals surface area contributed by atoms with E-state index in [-0.39, 0.29) is 11.7 Å². The number of aromatic hydroxyl groups is 1. The molecule has 1 aliphatic heterocycles. The van der Waals surface area contributed by atoms with Crippen molar-refractivity contribution in [2.75, 3.05) is 5.43 Å². The Hall–Kier alpha value is -1.71. The molecule has 0 bridgehead atoms. The standard InChI is InChI=1S/C9H10N2O2/c12-8-3-1-2-7-6(8)4-5-9(13)11-10-7/h1-3,10,12H,4-5H2,(H,11,13). The molecule has 68 valence electrons. The van der Waals surface area contributed by atoms with Crippen LogP contribution in [-0.4, -0.2) is 11.0 Å². The summed E-state index contributed by atoms with van der Waals surface area (Å²) in [6.45, 7) is 0. The van der Waals surface area contributed by atoms with Gasteiger partial charge in [0, 0.05) is 12.0 Å². The Morgan fingerprint density at radius 3 is 2.92 bits per heavy atom. The van der Waals surface area contributed by atoms with Crippen molar-refractivity contribution >= 4 is 11.6 Å². The predicted molar refractivity (Wildman–Crippen MR) is 48.2 cm³/mol. The molecule has 0 unspecified atom stereocenters. The number of anilines is 1. The topological polar surface area (TPSA) is 61.4 Å². The highest BCUT2D eigenvalue weighted by atomic mass is 16.3. The molecule has 0 saturated carbocycles. The summed E-state index contributed by atoms with van der Waals surface area (Å²) in [4.78, 5) is 11.0. The van der Waals surface area contributed by atoms with Crippen LogP contribution in [-0.2, 0) is 11.2 Å². The van der Waals surface area contributed by atoms with E-state index in [1.165, 1.54) is 0 Å². The molecule has 1 aliphatic rings. The summed E-state index contributed by atoms with van der Waals surface area (Å²) in [5.41, 5.74) is 6.85. The number of hydrogen-bond donors (Lipinski definition) is 3. The summed E-state index contributed by atoms with van der Waals surface area (Å²) in [7, 11) is 0. The largest absolute Gasteiger partial charge is 0.508 e. The maximum atomic E-state index is 11.0. The summed E-state index contributed by atoms with van der Waals surface area (Å²) < 4.78 is 0. The molecule has 0 radical (unpaired) electrons. The fraction of sp³-hybridized carbons (Fsp3) is 0.222. The molecule has 4 heteroatoms. The lowest BCUT2D eigenvalue weighted by Crippen LogP contribution is -2.27. The molecule has 0 fully saturated rings. The summed E-state index contributed by atoms with van der Waals surface area (Å²) >= 11 is 0. The number of hydrazine groups is 1. The number of phenolic OH excluding ortho intramolecular Hbond substituents is 1. The van der Waals surface area contributed by atoms with Crippen molar-refractivity contribution < 1.29 is 9.90 Å². The Labute approximate surface area is 75.5 Å². The fourth-order valence-electron chi connectivity index (χ4n) is 1.39. The molecule has 2 rings (SSSR count). The molecule has 1 heterocycles. The highest BCUT2D eigenvalue weighted by molar-refractivity contribution is 5.80. The van der Waals surface area contributed by atoms with E-state index >= 15 is 0 Å². The first-order valence-corrected chi connectivity index (χ1v) is 4.13. The van der Waals surface area contributed by atoms with Crippen LogP contribution in [0, 0.1) is 0 Å². The van der Waals surface area contributed by atoms with E-state index in [0.29, 0.717) is 12.8 Å². The summed E-state index contributed by atoms with van der Waals surface area (Å²) in [6.07, 6.45) is 0.971. The van der Waals surface area contributed by atoms with E-state index in [2.05, 4.69) is 10.9 Å². The third-order valence-electron chi connectivity index (χ3n) is 2.09. The van der Waals surface area contributed by atoms with Crippen molar-refractivity contribution in [1.82, 2.24) is 5.43 Å². The molecule has 1 amide bonds. The molecule has 0 atom stereocenters. The van der Waals surface area contributed by atoms with Gasteiger partial charge in [-0.05, 0) is 18.6 Å². The number of benzene rings is 1. The maximum absolute atomic E-state index is 11.0. The van der Waals surface area contributed by atoms with Crippen LogP contribution in [0.25, 0.3) is 0 Å². The Kier molecular flexibility index (Phi) is 1.81. The van der Waals surface area contributed by atoms with Gasteiger partial charge in [-0.3, -0.25) is 15.6 Å². The molecule has 4 nitrogen and oxygen atoms in total. The van der Waals surface area contributed by atoms with Gasteiger partial charge in [0.25, 0.3) is 0 Å². The second-order valence-electron chi connectivity index (χ2n) is 2.98. The monoisotopic (exact) mass is 178 g/mol. The van der Waals surface area contributed by atoms with Gasteiger partial charge in [-0.25, -0.2) is 0 Å². The average Bonchev–Trinajstić information content (AvgIpc) is 2.30. The number of carbonyl (C=O) groups excluding carboxylic acids is 1. The second-order valence-corrected chi connectivity index (χ2v) is 2.98. The smallest absolute Gasteiger partial charge is 0.238 e. The van der Waals surface area contributed by atoms with Crippen LogP contribution in [0.2, 0.25) is 0 Å². The first-order valence-electron chi connectivity index (χ1n) is 4.13. The van der Waals surface area contributed by atoms with Crippen LogP contribution in [0.4, 0.5) is 5.69 Å². The lowest BCUT2D eigenvalue weighted by atomic mass is 10.1. The van der Waals surface area contributed by atoms with Crippen molar-refractivity contribution in [3.8, 4) is 5.75 Å². The zero-order chi connectivity index (χ0) is 9.26. The van der Waals surface area contributed by atoms with Crippen molar-refractivity contribution in [1.29, 1.82) is 0 Å². The van der Waals surface area contributed by atoms with E-state index in [9.17, 15) is 9.90 Å². The van der Waals surface area contributed by atoms with Gasteiger partial charge in [0.2, 0.25) is 5.91 Å². The quantitative estimate of drug-likeness (QED) is 0.550. The molecule has 3 N–H and O–H groups in total. The second kappa shape index (κ2) is 2.97. The van der Waals surface area contributed by atoms with Gasteiger partial charge < -0.3 is 5.11 Å². The number of hydrogen-bond acceptors (Lipinski definition) is 3. The Bertz CT molecular complexity index is 349. The normalized spacial score (nSPS) is 15.2. The van der Waals surface area contributed by atoms with Crippen molar-refractivity contribution in [2.45, 2.75) is 12.8 Å². The summed E-state index contributed by atoms with van der Waals surface area (Å²) in [5.74, 6) is 0.178. The Morgan fingerprint density at radius 1 is 1.23 bits per heavy atom. The highest BCUT2D eigenvalue weighted by Gasteiger charge is 2.13. The number of phenols is 1. The molecule has 13 heavy (non-hydrogen) atoms. The van der Waals surface area contributed by atoms with Gasteiger partial charge in [0.1, 0.15) is 5.75 Å². The van der Waals surface area contributed by atoms with E-state index in [1.54, 1.807) is 12.1 Å². The van der Waals surface area contributed by atoms with E-state index < -0.39 is 0 Å². The first kappa shape index (κ1) is 7.91. The molecule has 0 aromatic heterocycles. The van der Waals surface area contributed by atoms with Crippen molar-refractivity contribution in [3.05, 3.63) is 23.8 Å². The van der Waals surface area contributed by atoms with Gasteiger partial charge >= 0.3 is 0 Å². The fourth-order valence-corrected chi connectivity index (χ4v) is 1.39. The minimum atomic E-state index is -0.0596. The van der Waals surface area contributed by atoms with Gasteiger partial charge in [0.05, 0.1) is 5.69 Å². The lowest BCUT2D eigenvalue weighted by Gasteiger charge is -2.07. The summed E-state index contributed by atoms with van der Waals surface area (Å²) in [6, 6.07) is 5.18. The lowest BCUT2D eigenvalue weighted by molar-refractivity contribution is -0.120. The molecule has 1 aromatic carbocycles. The zero-order valence-corrected chi connectivity index (χ0v) is 7.00. The van der Waals surface area contributed by atoms with Crippen molar-refractivity contribution in [3.63, 3.8) is 0 Å². The Morgan fingerprint density at radius 2 is 2.08 bits per heavy atom. The first-order chi connectivity index (χ1) is 6.27. The van der Waals surface area contributed by atoms with Crippen LogP contribution >= 0.6 is 0 Å². The van der Waals surface area contributed by atoms with Crippen LogP contribution in [0.5, 0.6) is 5.75 Å². The predicted octanol–water partition coefficient (Wildman–Crippen LogP) is 0.781. The minimum absolute atomic E-state index is 0.0596. The molecule has 0 saturated heterocycles. The van der Waals surface area contributed by atoms with Gasteiger partial charge in [-0.1, -0.05) is 6.07 Å². The highest BCUT2D eigenvalue weighted by Crippen LogP contribution is 2.27. The third kappa shape index (κ3) is 1.42. The number of amides is 1. The molecular formula is C9H10N2O2. The summed E-state index contributed by atoms with van der Waals surface area (Å²) in [5, 5.41) is 9.49. The number of rotatable bonds is 0. The van der Waals surface area contributed by atoms with E-state index in [4.69, 9.17) is 0 Å². The van der Waals surface area contributed by atoms with Crippen LogP contribution in [0.15, 0.2) is 18.2 Å². The van der Waals surface area contributed by atoms with Gasteiger partial charge in [0.15, 0.2) is 0 Å². The molecule has 0 spiro atoms. The van der Waals surface area contributed by atoms with Crippen LogP contribution in [0.1, 0.15) is 12.0 Å². The minimum Gasteiger partial charge on any atom is -0.508 e. The SMILES string of the molecule is O=C1CCc2c(O)cccc2NN1. The third-order valence-corrected chi connectivity index (χ3v) is 2.09. The van der Waals surface area contributed by atoms with Crippen LogP contribution in [0.3, 0.4) is 0 Å². The molecule has 0 aliphatic carbocycles. The maximum Gasteiger partial charge on any atom is 0.238 e. The molecular weight excluding hydrogens is 168 g/mol. The number of nitrogens with one attached hydrogen (secondary N) is 2. The number of fused-ring (bicyclic) bond motifs is 1. The Balaban J connectivity index is 2.40.